The molecule has 2 N–H and O–H groups in total. The predicted molar refractivity (Wildman–Crippen MR) is 188 cm³/mol. The van der Waals surface area contributed by atoms with E-state index >= 15 is 0 Å². The van der Waals surface area contributed by atoms with E-state index in [-0.39, 0.29) is 23.6 Å². The number of thiocarbonyl (C=S) groups is 2. The summed E-state index contributed by atoms with van der Waals surface area (Å²) < 4.78 is 0.815. The molecule has 2 aromatic carbocycles. The Bertz CT molecular complexity index is 1390. The van der Waals surface area contributed by atoms with Crippen LogP contribution in [0.2, 0.25) is 10.0 Å². The monoisotopic (exact) mass is 708 g/mol. The molecule has 0 atom stereocenters. The maximum atomic E-state index is 13.2. The van der Waals surface area contributed by atoms with Gasteiger partial charge in [-0.25, -0.2) is 0 Å². The van der Waals surface area contributed by atoms with Crippen LogP contribution in [-0.4, -0.2) is 55.2 Å². The third kappa shape index (κ3) is 9.76. The number of nitrogens with one attached hydrogen (secondary N) is 2. The number of hydrogen-bond donors (Lipinski definition) is 2. The molecule has 14 heteroatoms. The molecule has 2 aliphatic heterocycles. The Balaban J connectivity index is 1.17. The van der Waals surface area contributed by atoms with E-state index in [9.17, 15) is 19.2 Å². The van der Waals surface area contributed by atoms with Crippen molar-refractivity contribution in [3.8, 4) is 0 Å². The van der Waals surface area contributed by atoms with E-state index in [4.69, 9.17) is 47.6 Å². The average molecular weight is 710 g/mol. The third-order valence-electron chi connectivity index (χ3n) is 6.69. The highest BCUT2D eigenvalue weighted by Crippen LogP contribution is 2.42. The number of benzene rings is 2. The molecule has 0 aromatic heterocycles. The normalized spacial score (nSPS) is 16.7. The molecule has 0 aliphatic carbocycles. The summed E-state index contributed by atoms with van der Waals surface area (Å²) >= 11 is 25.1. The number of thioether (sulfide) groups is 2. The van der Waals surface area contributed by atoms with Gasteiger partial charge in [0.25, 0.3) is 11.8 Å². The molecule has 2 aromatic rings. The first-order valence-electron chi connectivity index (χ1n) is 14.0. The lowest BCUT2D eigenvalue weighted by Gasteiger charge is -2.14. The van der Waals surface area contributed by atoms with Crippen LogP contribution in [0.4, 0.5) is 11.4 Å². The maximum absolute atomic E-state index is 13.2. The maximum Gasteiger partial charge on any atom is 0.267 e. The van der Waals surface area contributed by atoms with E-state index in [0.717, 1.165) is 36.4 Å². The summed E-state index contributed by atoms with van der Waals surface area (Å²) in [5.74, 6) is -0.770. The van der Waals surface area contributed by atoms with Gasteiger partial charge in [-0.2, -0.15) is 0 Å². The van der Waals surface area contributed by atoms with Crippen molar-refractivity contribution in [2.75, 3.05) is 23.7 Å². The zero-order chi connectivity index (χ0) is 31.6. The molecule has 44 heavy (non-hydrogen) atoms. The SMILES string of the molecule is O=C(CCCCCN1C(=O)C(=C2SC(=S)N(CCCCCC(=O)Nc3cccc(Cl)c3)C2=O)SC1=S)Nc1cccc(Cl)c1. The van der Waals surface area contributed by atoms with Crippen molar-refractivity contribution in [1.82, 2.24) is 9.80 Å². The standard InChI is InChI=1S/C30H30Cl2N4O4S4/c31-19-9-7-11-21(17-19)33-23(37)13-3-1-5-15-35-27(39)25(43-29(35)41)26-28(40)36(30(42)44-26)16-6-2-4-14-24(38)34-22-12-8-10-20(32)18-22/h7-12,17-18H,1-6,13-16H2,(H,33,37)(H,34,38). The molecular weight excluding hydrogens is 680 g/mol. The fraction of sp³-hybridized carbons (Fsp3) is 0.333. The van der Waals surface area contributed by atoms with Gasteiger partial charge >= 0.3 is 0 Å². The molecule has 8 nitrogen and oxygen atoms in total. The van der Waals surface area contributed by atoms with Crippen molar-refractivity contribution < 1.29 is 19.2 Å². The lowest BCUT2D eigenvalue weighted by Crippen LogP contribution is -2.31. The minimum atomic E-state index is -0.287. The second-order valence-electron chi connectivity index (χ2n) is 10.0. The highest BCUT2D eigenvalue weighted by molar-refractivity contribution is 8.29. The van der Waals surface area contributed by atoms with Crippen LogP contribution >= 0.6 is 71.2 Å². The van der Waals surface area contributed by atoms with E-state index in [1.165, 1.54) is 9.80 Å². The number of nitrogens with zero attached hydrogens (tertiary/aromatic N) is 2. The van der Waals surface area contributed by atoms with Gasteiger partial charge in [-0.15, -0.1) is 0 Å². The number of halogens is 2. The number of hydrogen-bond acceptors (Lipinski definition) is 8. The van der Waals surface area contributed by atoms with Gasteiger partial charge in [0, 0.05) is 47.4 Å². The lowest BCUT2D eigenvalue weighted by atomic mass is 10.1. The van der Waals surface area contributed by atoms with Crippen molar-refractivity contribution in [1.29, 1.82) is 0 Å². The van der Waals surface area contributed by atoms with Gasteiger partial charge in [0.2, 0.25) is 11.8 Å². The Hall–Kier alpha value is -2.48. The summed E-state index contributed by atoms with van der Waals surface area (Å²) in [7, 11) is 0. The number of unbranched alkanes of at least 4 members (excludes halogenated alkanes) is 4. The molecule has 0 saturated carbocycles. The highest BCUT2D eigenvalue weighted by atomic mass is 35.5. The zero-order valence-corrected chi connectivity index (χ0v) is 28.4. The molecule has 2 aliphatic rings. The van der Waals surface area contributed by atoms with Crippen LogP contribution in [0.3, 0.4) is 0 Å². The van der Waals surface area contributed by atoms with Crippen molar-refractivity contribution in [2.45, 2.75) is 51.4 Å². The van der Waals surface area contributed by atoms with Gasteiger partial charge in [-0.1, -0.05) is 96.1 Å². The van der Waals surface area contributed by atoms with E-state index < -0.39 is 0 Å². The molecule has 2 fully saturated rings. The summed E-state index contributed by atoms with van der Waals surface area (Å²) in [5, 5.41) is 6.75. The van der Waals surface area contributed by atoms with Gasteiger partial charge in [0.15, 0.2) is 0 Å². The smallest absolute Gasteiger partial charge is 0.267 e. The number of amides is 4. The fourth-order valence-corrected chi connectivity index (χ4v) is 7.65. The van der Waals surface area contributed by atoms with Gasteiger partial charge < -0.3 is 10.6 Å². The molecule has 0 spiro atoms. The number of anilines is 2. The second-order valence-corrected chi connectivity index (χ2v) is 14.2. The Morgan fingerprint density at radius 3 is 1.45 bits per heavy atom. The van der Waals surface area contributed by atoms with Gasteiger partial charge in [-0.3, -0.25) is 29.0 Å². The Morgan fingerprint density at radius 1 is 0.659 bits per heavy atom. The van der Waals surface area contributed by atoms with E-state index in [2.05, 4.69) is 10.6 Å². The third-order valence-corrected chi connectivity index (χ3v) is 10.2. The molecule has 0 unspecified atom stereocenters. The highest BCUT2D eigenvalue weighted by Gasteiger charge is 2.41. The Kier molecular flexibility index (Phi) is 13.1. The average Bonchev–Trinajstić information content (AvgIpc) is 3.41. The number of carbonyl (C=O) groups is 4. The molecule has 232 valence electrons. The number of rotatable bonds is 14. The summed E-state index contributed by atoms with van der Waals surface area (Å²) in [4.78, 5) is 54.4. The summed E-state index contributed by atoms with van der Waals surface area (Å²) in [5.41, 5.74) is 1.31. The molecule has 2 saturated heterocycles. The second kappa shape index (κ2) is 16.7. The van der Waals surface area contributed by atoms with Crippen molar-refractivity contribution in [3.63, 3.8) is 0 Å². The summed E-state index contributed by atoms with van der Waals surface area (Å²) in [6.07, 6.45) is 4.83. The van der Waals surface area contributed by atoms with Crippen molar-refractivity contribution >= 4 is 115 Å². The number of carbonyl (C=O) groups excluding carboxylic acids is 4. The van der Waals surface area contributed by atoms with Crippen LogP contribution in [0.25, 0.3) is 0 Å². The van der Waals surface area contributed by atoms with Crippen LogP contribution in [0.5, 0.6) is 0 Å². The molecular formula is C30H30Cl2N4O4S4. The summed E-state index contributed by atoms with van der Waals surface area (Å²) in [6.45, 7) is 0.824. The predicted octanol–water partition coefficient (Wildman–Crippen LogP) is 7.62. The van der Waals surface area contributed by atoms with E-state index in [0.29, 0.717) is 91.5 Å². The van der Waals surface area contributed by atoms with Gasteiger partial charge in [0.05, 0.1) is 9.81 Å². The fourth-order valence-electron chi connectivity index (χ4n) is 4.50. The lowest BCUT2D eigenvalue weighted by molar-refractivity contribution is -0.124. The summed E-state index contributed by atoms with van der Waals surface area (Å²) in [6, 6.07) is 14.0. The van der Waals surface area contributed by atoms with Crippen LogP contribution in [0.1, 0.15) is 51.4 Å². The van der Waals surface area contributed by atoms with Crippen LogP contribution in [0.15, 0.2) is 58.3 Å². The van der Waals surface area contributed by atoms with Crippen LogP contribution < -0.4 is 10.6 Å². The largest absolute Gasteiger partial charge is 0.326 e. The molecule has 4 amide bonds. The Morgan fingerprint density at radius 2 is 1.07 bits per heavy atom. The quantitative estimate of drug-likeness (QED) is 0.118. The minimum Gasteiger partial charge on any atom is -0.326 e. The van der Waals surface area contributed by atoms with Crippen molar-refractivity contribution in [3.05, 3.63) is 68.4 Å². The van der Waals surface area contributed by atoms with Crippen LogP contribution in [0, 0.1) is 0 Å². The molecule has 2 heterocycles. The first-order chi connectivity index (χ1) is 21.1. The van der Waals surface area contributed by atoms with Crippen molar-refractivity contribution in [2.24, 2.45) is 0 Å². The minimum absolute atomic E-state index is 0.0979. The Labute approximate surface area is 285 Å². The molecule has 4 rings (SSSR count). The topological polar surface area (TPSA) is 98.8 Å². The first-order valence-corrected chi connectivity index (χ1v) is 17.3. The van der Waals surface area contributed by atoms with E-state index in [1.54, 1.807) is 48.5 Å². The van der Waals surface area contributed by atoms with Gasteiger partial charge in [-0.05, 0) is 62.1 Å². The molecule has 0 radical (unpaired) electrons. The van der Waals surface area contributed by atoms with Crippen LogP contribution in [-0.2, 0) is 19.2 Å². The first kappa shape index (κ1) is 34.4. The zero-order valence-electron chi connectivity index (χ0n) is 23.6. The van der Waals surface area contributed by atoms with Gasteiger partial charge in [0.1, 0.15) is 8.64 Å². The molecule has 0 bridgehead atoms. The van der Waals surface area contributed by atoms with E-state index in [1.807, 2.05) is 0 Å².